The maximum Gasteiger partial charge on any atom is 1.00 e. The van der Waals surface area contributed by atoms with E-state index in [2.05, 4.69) is 0 Å². The summed E-state index contributed by atoms with van der Waals surface area (Å²) in [5.74, 6) is -17.5. The van der Waals surface area contributed by atoms with E-state index >= 15 is 0 Å². The first-order valence-electron chi connectivity index (χ1n) is 4.27. The molecule has 0 fully saturated rings. The van der Waals surface area contributed by atoms with Gasteiger partial charge in [-0.05, 0) is 0 Å². The van der Waals surface area contributed by atoms with Crippen molar-refractivity contribution in [3.8, 4) is 0 Å². The molecule has 0 bridgehead atoms. The van der Waals surface area contributed by atoms with Gasteiger partial charge in [0, 0.05) is 0 Å². The average molecular weight is 427 g/mol. The SMILES string of the molecule is O.O.O=C([O-])C(=O)[O-].O=C([O-])C(=O)[O-].O=C([O-])C(=O)[O-].O=C([O-])C(=O)[O-].[K+]. The van der Waals surface area contributed by atoms with Crippen LogP contribution >= 0.6 is 0 Å². The normalized spacial score (nSPS) is 6.52. The summed E-state index contributed by atoms with van der Waals surface area (Å²) in [7, 11) is 0. The van der Waals surface area contributed by atoms with Crippen LogP contribution in [0.3, 0.4) is 0 Å². The second-order valence-electron chi connectivity index (χ2n) is 2.30. The summed E-state index contributed by atoms with van der Waals surface area (Å²) in [5, 5.41) is 71.4. The first-order valence-corrected chi connectivity index (χ1v) is 4.27. The van der Waals surface area contributed by atoms with Gasteiger partial charge in [-0.25, -0.2) is 0 Å². The number of carboxylic acid groups (broad SMARTS) is 8. The average Bonchev–Trinajstić information content (AvgIpc) is 2.40. The molecule has 0 aliphatic carbocycles. The minimum atomic E-state index is -2.19. The van der Waals surface area contributed by atoms with E-state index in [4.69, 9.17) is 79.2 Å². The van der Waals surface area contributed by atoms with Crippen LogP contribution in [0.2, 0.25) is 0 Å². The predicted octanol–water partition coefficient (Wildman–Crippen LogP) is -18.7. The molecule has 0 spiro atoms. The molecule has 152 valence electrons. The van der Waals surface area contributed by atoms with E-state index in [1.807, 2.05) is 0 Å². The van der Waals surface area contributed by atoms with Gasteiger partial charge in [0.05, 0.1) is 47.8 Å². The summed E-state index contributed by atoms with van der Waals surface area (Å²) in [4.78, 5) is 71.4. The van der Waals surface area contributed by atoms with Crippen LogP contribution in [-0.4, -0.2) is 58.7 Å². The zero-order valence-electron chi connectivity index (χ0n) is 12.5. The van der Waals surface area contributed by atoms with E-state index in [0.717, 1.165) is 0 Å². The smallest absolute Gasteiger partial charge is 0.543 e. The second kappa shape index (κ2) is 25.6. The Morgan fingerprint density at radius 2 is 0.333 bits per heavy atom. The Hall–Kier alpha value is -2.68. The van der Waals surface area contributed by atoms with Crippen LogP contribution in [0, 0.1) is 0 Å². The number of carbonyl (C=O) groups is 8. The van der Waals surface area contributed by atoms with Gasteiger partial charge in [0.25, 0.3) is 0 Å². The minimum Gasteiger partial charge on any atom is -0.543 e. The molecule has 0 aromatic rings. The molecule has 0 rings (SSSR count). The molecule has 0 aromatic carbocycles. The zero-order chi connectivity index (χ0) is 20.6. The monoisotopic (exact) mass is 427 g/mol. The number of carboxylic acids is 8. The summed E-state index contributed by atoms with van der Waals surface area (Å²) < 4.78 is 0. The Morgan fingerprint density at radius 3 is 0.333 bits per heavy atom. The maximum absolute atomic E-state index is 8.93. The molecular formula is C8H4KO18-7. The Balaban J connectivity index is -0.0000000381. The van der Waals surface area contributed by atoms with E-state index in [1.165, 1.54) is 0 Å². The number of rotatable bonds is 0. The van der Waals surface area contributed by atoms with Gasteiger partial charge in [0.2, 0.25) is 0 Å². The van der Waals surface area contributed by atoms with Gasteiger partial charge in [-0.3, -0.25) is 0 Å². The molecule has 0 radical (unpaired) electrons. The van der Waals surface area contributed by atoms with Gasteiger partial charge in [-0.2, -0.15) is 0 Å². The van der Waals surface area contributed by atoms with E-state index in [9.17, 15) is 0 Å². The van der Waals surface area contributed by atoms with Crippen molar-refractivity contribution in [1.29, 1.82) is 0 Å². The molecule has 0 aliphatic heterocycles. The van der Waals surface area contributed by atoms with Crippen molar-refractivity contribution >= 4 is 47.8 Å². The van der Waals surface area contributed by atoms with Gasteiger partial charge < -0.3 is 90.2 Å². The van der Waals surface area contributed by atoms with Crippen molar-refractivity contribution in [2.45, 2.75) is 0 Å². The number of hydrogen-bond donors (Lipinski definition) is 0. The van der Waals surface area contributed by atoms with Crippen LogP contribution in [0.25, 0.3) is 0 Å². The fourth-order valence-electron chi connectivity index (χ4n) is 0. The first kappa shape index (κ1) is 44.1. The van der Waals surface area contributed by atoms with Crippen LogP contribution in [0.4, 0.5) is 0 Å². The van der Waals surface area contributed by atoms with Crippen molar-refractivity contribution in [3.05, 3.63) is 0 Å². The fraction of sp³-hybridized carbons (Fsp3) is 0. The van der Waals surface area contributed by atoms with E-state index in [0.29, 0.717) is 0 Å². The summed E-state index contributed by atoms with van der Waals surface area (Å²) in [5.41, 5.74) is 0. The standard InChI is InChI=1S/4C2H2O4.K.2H2O/c4*3-1(4)2(5)6;;;/h4*(H,3,4)(H,5,6);;2*1H2/q;;;;+1;;/p-8. The third-order valence-electron chi connectivity index (χ3n) is 0.667. The third-order valence-corrected chi connectivity index (χ3v) is 0.667. The van der Waals surface area contributed by atoms with Crippen LogP contribution in [0.5, 0.6) is 0 Å². The largest absolute Gasteiger partial charge is 1.00 e. The summed E-state index contributed by atoms with van der Waals surface area (Å²) >= 11 is 0. The Morgan fingerprint density at radius 1 is 0.296 bits per heavy atom. The van der Waals surface area contributed by atoms with Crippen molar-refractivity contribution in [2.75, 3.05) is 0 Å². The molecular weight excluding hydrogens is 423 g/mol. The molecule has 0 saturated heterocycles. The first-order chi connectivity index (χ1) is 10.6. The van der Waals surface area contributed by atoms with Gasteiger partial charge in [0.1, 0.15) is 0 Å². The maximum atomic E-state index is 8.93. The molecule has 0 atom stereocenters. The molecule has 4 N–H and O–H groups in total. The van der Waals surface area contributed by atoms with E-state index in [1.54, 1.807) is 0 Å². The molecule has 0 saturated carbocycles. The minimum absolute atomic E-state index is 0. The molecule has 0 heterocycles. The van der Waals surface area contributed by atoms with Crippen molar-refractivity contribution < 1.29 is 142 Å². The van der Waals surface area contributed by atoms with Crippen LogP contribution in [0.1, 0.15) is 0 Å². The fourth-order valence-corrected chi connectivity index (χ4v) is 0. The zero-order valence-corrected chi connectivity index (χ0v) is 15.7. The number of hydrogen-bond acceptors (Lipinski definition) is 16. The van der Waals surface area contributed by atoms with Crippen molar-refractivity contribution in [2.24, 2.45) is 0 Å². The summed E-state index contributed by atoms with van der Waals surface area (Å²) in [6, 6.07) is 0. The predicted molar refractivity (Wildman–Crippen MR) is 47.3 cm³/mol. The molecule has 0 aromatic heterocycles. The van der Waals surface area contributed by atoms with Crippen molar-refractivity contribution in [3.63, 3.8) is 0 Å². The molecule has 0 unspecified atom stereocenters. The van der Waals surface area contributed by atoms with Crippen LogP contribution in [0.15, 0.2) is 0 Å². The molecule has 0 amide bonds. The van der Waals surface area contributed by atoms with E-state index < -0.39 is 47.8 Å². The quantitative estimate of drug-likeness (QED) is 0.255. The van der Waals surface area contributed by atoms with Crippen LogP contribution in [-0.2, 0) is 38.4 Å². The topological polar surface area (TPSA) is 384 Å². The molecule has 18 nitrogen and oxygen atoms in total. The number of aliphatic carboxylic acids is 8. The Kier molecular flexibility index (Phi) is 41.7. The van der Waals surface area contributed by atoms with Gasteiger partial charge in [-0.15, -0.1) is 0 Å². The van der Waals surface area contributed by atoms with Crippen LogP contribution < -0.4 is 92.2 Å². The van der Waals surface area contributed by atoms with Gasteiger partial charge in [-0.1, -0.05) is 0 Å². The molecule has 19 heteroatoms. The van der Waals surface area contributed by atoms with E-state index in [-0.39, 0.29) is 62.3 Å². The number of carbonyl (C=O) groups excluding carboxylic acids is 8. The molecule has 27 heavy (non-hydrogen) atoms. The molecule has 0 aliphatic rings. The third kappa shape index (κ3) is 59.7. The Bertz CT molecular complexity index is 389. The van der Waals surface area contributed by atoms with Gasteiger partial charge in [0.15, 0.2) is 0 Å². The summed E-state index contributed by atoms with van der Waals surface area (Å²) in [6.45, 7) is 0. The summed E-state index contributed by atoms with van der Waals surface area (Å²) in [6.07, 6.45) is 0. The Labute approximate surface area is 188 Å². The second-order valence-corrected chi connectivity index (χ2v) is 2.30. The van der Waals surface area contributed by atoms with Crippen molar-refractivity contribution in [1.82, 2.24) is 0 Å². The van der Waals surface area contributed by atoms with Gasteiger partial charge >= 0.3 is 51.4 Å².